The number of aliphatic hydroxyl groups is 2. The first kappa shape index (κ1) is 5.45. The van der Waals surface area contributed by atoms with Crippen LogP contribution in [0, 0.1) is 11.8 Å². The second kappa shape index (κ2) is 1.58. The zero-order valence-electron chi connectivity index (χ0n) is 5.07. The Balaban J connectivity index is 2.26. The fraction of sp³-hybridized carbons (Fsp3) is 0.714. The van der Waals surface area contributed by atoms with Crippen LogP contribution in [0.1, 0.15) is 6.42 Å². The Kier molecular flexibility index (Phi) is 0.957. The molecule has 2 aliphatic carbocycles. The molecule has 2 nitrogen and oxygen atoms in total. The predicted octanol–water partition coefficient (Wildman–Crippen LogP) is -0.0859. The molecule has 0 aromatic heterocycles. The number of fused-ring (bicyclic) bond motifs is 2. The second-order valence-electron chi connectivity index (χ2n) is 2.93. The summed E-state index contributed by atoms with van der Waals surface area (Å²) in [6, 6.07) is 0. The molecule has 0 saturated heterocycles. The van der Waals surface area contributed by atoms with E-state index in [1.807, 2.05) is 12.2 Å². The van der Waals surface area contributed by atoms with Crippen LogP contribution in [-0.2, 0) is 0 Å². The van der Waals surface area contributed by atoms with Gasteiger partial charge in [-0.25, -0.2) is 0 Å². The highest BCUT2D eigenvalue weighted by molar-refractivity contribution is 5.14. The third-order valence-corrected chi connectivity index (χ3v) is 2.38. The molecule has 2 N–H and O–H groups in total. The molecule has 0 spiro atoms. The fourth-order valence-corrected chi connectivity index (χ4v) is 1.77. The lowest BCUT2D eigenvalue weighted by atomic mass is 10.0. The van der Waals surface area contributed by atoms with Gasteiger partial charge in [0.1, 0.15) is 0 Å². The molecule has 2 bridgehead atoms. The SMILES string of the molecule is O[C@H]1[C@H](O)[C@H]2C=C[C@@H]1C2. The van der Waals surface area contributed by atoms with Crippen LogP contribution in [-0.4, -0.2) is 22.4 Å². The number of rotatable bonds is 0. The molecule has 50 valence electrons. The van der Waals surface area contributed by atoms with Crippen molar-refractivity contribution in [2.24, 2.45) is 11.8 Å². The Hall–Kier alpha value is -0.340. The van der Waals surface area contributed by atoms with Crippen molar-refractivity contribution in [2.45, 2.75) is 18.6 Å². The Labute approximate surface area is 53.8 Å². The van der Waals surface area contributed by atoms with E-state index < -0.39 is 12.2 Å². The van der Waals surface area contributed by atoms with E-state index in [2.05, 4.69) is 0 Å². The van der Waals surface area contributed by atoms with Gasteiger partial charge in [0.05, 0.1) is 12.2 Å². The molecule has 0 aromatic rings. The molecule has 1 fully saturated rings. The largest absolute Gasteiger partial charge is 0.390 e. The van der Waals surface area contributed by atoms with Gasteiger partial charge in [-0.05, 0) is 6.42 Å². The first-order valence-corrected chi connectivity index (χ1v) is 3.33. The molecule has 1 saturated carbocycles. The maximum Gasteiger partial charge on any atom is 0.0867 e. The first-order valence-electron chi connectivity index (χ1n) is 3.33. The van der Waals surface area contributed by atoms with Crippen molar-refractivity contribution in [1.82, 2.24) is 0 Å². The van der Waals surface area contributed by atoms with Crippen molar-refractivity contribution >= 4 is 0 Å². The molecular weight excluding hydrogens is 116 g/mol. The molecule has 4 atom stereocenters. The Morgan fingerprint density at radius 2 is 1.44 bits per heavy atom. The summed E-state index contributed by atoms with van der Waals surface area (Å²) in [6.07, 6.45) is 3.98. The predicted molar refractivity (Wildman–Crippen MR) is 32.8 cm³/mol. The molecule has 0 aliphatic heterocycles. The summed E-state index contributed by atoms with van der Waals surface area (Å²) in [6.45, 7) is 0. The van der Waals surface area contributed by atoms with Crippen molar-refractivity contribution in [3.05, 3.63) is 12.2 Å². The van der Waals surface area contributed by atoms with Gasteiger partial charge in [-0.3, -0.25) is 0 Å². The zero-order chi connectivity index (χ0) is 6.43. The van der Waals surface area contributed by atoms with Gasteiger partial charge >= 0.3 is 0 Å². The maximum atomic E-state index is 9.19. The Bertz CT molecular complexity index is 137. The van der Waals surface area contributed by atoms with Gasteiger partial charge in [-0.2, -0.15) is 0 Å². The van der Waals surface area contributed by atoms with E-state index in [4.69, 9.17) is 0 Å². The summed E-state index contributed by atoms with van der Waals surface area (Å²) in [4.78, 5) is 0. The molecule has 0 radical (unpaired) electrons. The summed E-state index contributed by atoms with van der Waals surface area (Å²) in [7, 11) is 0. The van der Waals surface area contributed by atoms with E-state index in [1.54, 1.807) is 0 Å². The lowest BCUT2D eigenvalue weighted by Gasteiger charge is -2.17. The van der Waals surface area contributed by atoms with Crippen molar-refractivity contribution in [3.8, 4) is 0 Å². The van der Waals surface area contributed by atoms with Crippen LogP contribution in [0.2, 0.25) is 0 Å². The van der Waals surface area contributed by atoms with Gasteiger partial charge in [-0.1, -0.05) is 12.2 Å². The Morgan fingerprint density at radius 1 is 1.00 bits per heavy atom. The average Bonchev–Trinajstić information content (AvgIpc) is 2.37. The van der Waals surface area contributed by atoms with Gasteiger partial charge in [0.2, 0.25) is 0 Å². The van der Waals surface area contributed by atoms with Crippen LogP contribution in [0.25, 0.3) is 0 Å². The van der Waals surface area contributed by atoms with E-state index in [-0.39, 0.29) is 11.8 Å². The number of hydrogen-bond acceptors (Lipinski definition) is 2. The summed E-state index contributed by atoms with van der Waals surface area (Å²) in [5.41, 5.74) is 0. The van der Waals surface area contributed by atoms with Crippen LogP contribution < -0.4 is 0 Å². The van der Waals surface area contributed by atoms with Crippen LogP contribution in [0.15, 0.2) is 12.2 Å². The van der Waals surface area contributed by atoms with E-state index in [1.165, 1.54) is 0 Å². The highest BCUT2D eigenvalue weighted by Crippen LogP contribution is 2.38. The van der Waals surface area contributed by atoms with E-state index >= 15 is 0 Å². The van der Waals surface area contributed by atoms with Gasteiger partial charge in [0, 0.05) is 11.8 Å². The van der Waals surface area contributed by atoms with Gasteiger partial charge in [0.25, 0.3) is 0 Å². The summed E-state index contributed by atoms with van der Waals surface area (Å²) < 4.78 is 0. The second-order valence-corrected chi connectivity index (χ2v) is 2.93. The lowest BCUT2D eigenvalue weighted by molar-refractivity contribution is 0.0135. The van der Waals surface area contributed by atoms with Crippen LogP contribution >= 0.6 is 0 Å². The first-order chi connectivity index (χ1) is 4.29. The minimum absolute atomic E-state index is 0.241. The van der Waals surface area contributed by atoms with Crippen LogP contribution in [0.4, 0.5) is 0 Å². The third kappa shape index (κ3) is 0.575. The minimum atomic E-state index is -0.486. The van der Waals surface area contributed by atoms with Crippen LogP contribution in [0.5, 0.6) is 0 Å². The topological polar surface area (TPSA) is 40.5 Å². The normalized spacial score (nSPS) is 54.9. The van der Waals surface area contributed by atoms with E-state index in [0.29, 0.717) is 0 Å². The standard InChI is InChI=1S/C7H10O2/c8-6-4-1-2-5(3-4)7(6)9/h1-2,4-9H,3H2/t4-,5+,6-,7-/m1/s1. The molecule has 0 heterocycles. The molecule has 2 aliphatic rings. The summed E-state index contributed by atoms with van der Waals surface area (Å²) in [5, 5.41) is 18.4. The van der Waals surface area contributed by atoms with Crippen molar-refractivity contribution in [3.63, 3.8) is 0 Å². The van der Waals surface area contributed by atoms with Gasteiger partial charge < -0.3 is 10.2 Å². The molecule has 0 unspecified atom stereocenters. The van der Waals surface area contributed by atoms with E-state index in [0.717, 1.165) is 6.42 Å². The Morgan fingerprint density at radius 3 is 1.67 bits per heavy atom. The highest BCUT2D eigenvalue weighted by Gasteiger charge is 2.42. The molecule has 0 amide bonds. The average molecular weight is 126 g/mol. The molecule has 9 heavy (non-hydrogen) atoms. The molecule has 2 rings (SSSR count). The monoisotopic (exact) mass is 126 g/mol. The van der Waals surface area contributed by atoms with Crippen molar-refractivity contribution < 1.29 is 10.2 Å². The zero-order valence-corrected chi connectivity index (χ0v) is 5.07. The quantitative estimate of drug-likeness (QED) is 0.445. The number of aliphatic hydroxyl groups excluding tert-OH is 2. The summed E-state index contributed by atoms with van der Waals surface area (Å²) >= 11 is 0. The fourth-order valence-electron chi connectivity index (χ4n) is 1.77. The van der Waals surface area contributed by atoms with Gasteiger partial charge in [-0.15, -0.1) is 0 Å². The highest BCUT2D eigenvalue weighted by atomic mass is 16.3. The van der Waals surface area contributed by atoms with Crippen molar-refractivity contribution in [1.29, 1.82) is 0 Å². The number of hydrogen-bond donors (Lipinski definition) is 2. The summed E-state index contributed by atoms with van der Waals surface area (Å²) in [5.74, 6) is 0.481. The molecule has 0 aromatic carbocycles. The van der Waals surface area contributed by atoms with Crippen molar-refractivity contribution in [2.75, 3.05) is 0 Å². The van der Waals surface area contributed by atoms with E-state index in [9.17, 15) is 10.2 Å². The lowest BCUT2D eigenvalue weighted by Crippen LogP contribution is -2.29. The smallest absolute Gasteiger partial charge is 0.0867 e. The molecule has 2 heteroatoms. The minimum Gasteiger partial charge on any atom is -0.390 e. The van der Waals surface area contributed by atoms with Crippen LogP contribution in [0.3, 0.4) is 0 Å². The maximum absolute atomic E-state index is 9.19. The third-order valence-electron chi connectivity index (χ3n) is 2.38. The molecular formula is C7H10O2. The van der Waals surface area contributed by atoms with Gasteiger partial charge in [0.15, 0.2) is 0 Å².